The Morgan fingerprint density at radius 1 is 1.41 bits per heavy atom. The number of anilines is 1. The van der Waals surface area contributed by atoms with Gasteiger partial charge in [-0.3, -0.25) is 10.1 Å². The van der Waals surface area contributed by atoms with E-state index < -0.39 is 23.0 Å². The van der Waals surface area contributed by atoms with Crippen LogP contribution in [0.3, 0.4) is 0 Å². The van der Waals surface area contributed by atoms with Gasteiger partial charge in [-0.15, -0.1) is 0 Å². The van der Waals surface area contributed by atoms with Gasteiger partial charge in [-0.2, -0.15) is 0 Å². The first kappa shape index (κ1) is 15.7. The minimum absolute atomic E-state index is 0.00352. The molecule has 0 saturated heterocycles. The van der Waals surface area contributed by atoms with E-state index in [2.05, 4.69) is 10.1 Å². The van der Waals surface area contributed by atoms with Crippen LogP contribution < -0.4 is 5.32 Å². The molecule has 1 aliphatic rings. The predicted molar refractivity (Wildman–Crippen MR) is 76.6 cm³/mol. The molecule has 1 N–H and O–H groups in total. The Bertz CT molecular complexity index is 611. The first-order valence-electron chi connectivity index (χ1n) is 6.76. The summed E-state index contributed by atoms with van der Waals surface area (Å²) in [5.74, 6) is -1.52. The number of nitro groups is 1. The number of benzene rings is 1. The molecule has 0 heterocycles. The summed E-state index contributed by atoms with van der Waals surface area (Å²) in [5, 5.41) is 14.1. The fourth-order valence-corrected chi connectivity index (χ4v) is 1.82. The van der Waals surface area contributed by atoms with Gasteiger partial charge in [0, 0.05) is 12.1 Å². The van der Waals surface area contributed by atoms with Crippen molar-refractivity contribution in [2.45, 2.75) is 31.9 Å². The van der Waals surface area contributed by atoms with E-state index in [9.17, 15) is 19.7 Å². The second-order valence-electron chi connectivity index (χ2n) is 4.98. The number of hydrogen-bond acceptors (Lipinski definition) is 7. The van der Waals surface area contributed by atoms with E-state index in [0.29, 0.717) is 5.69 Å². The normalized spacial score (nSPS) is 14.8. The van der Waals surface area contributed by atoms with Crippen molar-refractivity contribution in [1.29, 1.82) is 0 Å². The molecule has 8 heteroatoms. The van der Waals surface area contributed by atoms with Crippen molar-refractivity contribution in [1.82, 2.24) is 0 Å². The molecule has 0 amide bonds. The average molecular weight is 308 g/mol. The number of ether oxygens (including phenoxy) is 2. The third kappa shape index (κ3) is 3.72. The van der Waals surface area contributed by atoms with Crippen molar-refractivity contribution in [2.24, 2.45) is 0 Å². The summed E-state index contributed by atoms with van der Waals surface area (Å²) in [4.78, 5) is 33.7. The number of rotatable bonds is 6. The van der Waals surface area contributed by atoms with Crippen LogP contribution in [0.1, 0.15) is 30.1 Å². The smallest absolute Gasteiger partial charge is 0.346 e. The Kier molecular flexibility index (Phi) is 4.59. The second-order valence-corrected chi connectivity index (χ2v) is 4.98. The lowest BCUT2D eigenvalue weighted by Crippen LogP contribution is -2.25. The molecule has 1 aromatic carbocycles. The van der Waals surface area contributed by atoms with Gasteiger partial charge in [0.25, 0.3) is 5.69 Å². The molecule has 1 aromatic rings. The lowest BCUT2D eigenvalue weighted by Gasteiger charge is -2.11. The maximum absolute atomic E-state index is 11.9. The van der Waals surface area contributed by atoms with Gasteiger partial charge in [0.05, 0.1) is 17.6 Å². The largest absolute Gasteiger partial charge is 0.466 e. The third-order valence-electron chi connectivity index (χ3n) is 3.18. The quantitative estimate of drug-likeness (QED) is 0.485. The van der Waals surface area contributed by atoms with Crippen LogP contribution in [-0.4, -0.2) is 36.1 Å². The molecule has 0 bridgehead atoms. The van der Waals surface area contributed by atoms with E-state index in [-0.39, 0.29) is 17.3 Å². The van der Waals surface area contributed by atoms with Gasteiger partial charge in [-0.25, -0.2) is 9.59 Å². The molecule has 2 rings (SSSR count). The first-order valence-corrected chi connectivity index (χ1v) is 6.76. The van der Waals surface area contributed by atoms with Crippen LogP contribution in [0.25, 0.3) is 0 Å². The Hall–Kier alpha value is -2.64. The highest BCUT2D eigenvalue weighted by molar-refractivity contribution is 5.93. The molecule has 1 aliphatic carbocycles. The van der Waals surface area contributed by atoms with Crippen molar-refractivity contribution in [2.75, 3.05) is 12.4 Å². The molecule has 118 valence electrons. The number of nitrogens with one attached hydrogen (secondary N) is 1. The molecule has 0 spiro atoms. The maximum atomic E-state index is 11.9. The average Bonchev–Trinajstić information content (AvgIpc) is 3.30. The topological polar surface area (TPSA) is 108 Å². The van der Waals surface area contributed by atoms with Crippen LogP contribution in [0.15, 0.2) is 18.2 Å². The summed E-state index contributed by atoms with van der Waals surface area (Å²) in [5.41, 5.74) is 0.168. The summed E-state index contributed by atoms with van der Waals surface area (Å²) in [6.45, 7) is 1.36. The monoisotopic (exact) mass is 308 g/mol. The highest BCUT2D eigenvalue weighted by Gasteiger charge is 2.26. The second kappa shape index (κ2) is 6.42. The zero-order valence-corrected chi connectivity index (χ0v) is 12.2. The van der Waals surface area contributed by atoms with Gasteiger partial charge < -0.3 is 14.8 Å². The predicted octanol–water partition coefficient (Wildman–Crippen LogP) is 1.89. The molecular formula is C14H16N2O6. The van der Waals surface area contributed by atoms with Crippen molar-refractivity contribution >= 4 is 23.3 Å². The number of methoxy groups -OCH3 is 1. The van der Waals surface area contributed by atoms with E-state index in [1.165, 1.54) is 26.2 Å². The molecule has 1 fully saturated rings. The molecule has 8 nitrogen and oxygen atoms in total. The molecule has 22 heavy (non-hydrogen) atoms. The van der Waals surface area contributed by atoms with Gasteiger partial charge in [0.1, 0.15) is 5.69 Å². The van der Waals surface area contributed by atoms with Crippen molar-refractivity contribution in [3.63, 3.8) is 0 Å². The molecule has 0 aromatic heterocycles. The van der Waals surface area contributed by atoms with Crippen LogP contribution in [0.4, 0.5) is 11.4 Å². The highest BCUT2D eigenvalue weighted by atomic mass is 16.6. The zero-order valence-electron chi connectivity index (χ0n) is 12.2. The van der Waals surface area contributed by atoms with Crippen LogP contribution in [0.5, 0.6) is 0 Å². The standard InChI is InChI=1S/C14H16N2O6/c1-8(13(17)21-2)22-14(18)9-3-6-11(15-10-4-5-10)12(7-9)16(19)20/h3,6-8,10,15H,4-5H2,1-2H3/t8-/m0/s1. The maximum Gasteiger partial charge on any atom is 0.346 e. The summed E-state index contributed by atoms with van der Waals surface area (Å²) in [7, 11) is 1.18. The van der Waals surface area contributed by atoms with E-state index in [1.54, 1.807) is 0 Å². The van der Waals surface area contributed by atoms with Gasteiger partial charge >= 0.3 is 11.9 Å². The molecule has 1 atom stereocenters. The molecule has 0 unspecified atom stereocenters. The highest BCUT2D eigenvalue weighted by Crippen LogP contribution is 2.31. The van der Waals surface area contributed by atoms with Crippen LogP contribution in [0, 0.1) is 10.1 Å². The van der Waals surface area contributed by atoms with E-state index in [4.69, 9.17) is 4.74 Å². The van der Waals surface area contributed by atoms with Crippen molar-refractivity contribution < 1.29 is 24.0 Å². The molecule has 0 radical (unpaired) electrons. The Labute approximate surface area is 126 Å². The zero-order chi connectivity index (χ0) is 16.3. The number of esters is 2. The minimum Gasteiger partial charge on any atom is -0.466 e. The summed E-state index contributed by atoms with van der Waals surface area (Å²) in [6, 6.07) is 4.27. The molecule has 1 saturated carbocycles. The molecular weight excluding hydrogens is 292 g/mol. The summed E-state index contributed by atoms with van der Waals surface area (Å²) in [6.07, 6.45) is 0.857. The van der Waals surface area contributed by atoms with E-state index >= 15 is 0 Å². The number of nitro benzene ring substituents is 1. The Morgan fingerprint density at radius 3 is 2.64 bits per heavy atom. The van der Waals surface area contributed by atoms with E-state index in [0.717, 1.165) is 18.9 Å². The van der Waals surface area contributed by atoms with Crippen LogP contribution in [0.2, 0.25) is 0 Å². The van der Waals surface area contributed by atoms with Crippen LogP contribution >= 0.6 is 0 Å². The summed E-state index contributed by atoms with van der Waals surface area (Å²) < 4.78 is 9.35. The number of nitrogens with zero attached hydrogens (tertiary/aromatic N) is 1. The summed E-state index contributed by atoms with van der Waals surface area (Å²) >= 11 is 0. The fraction of sp³-hybridized carbons (Fsp3) is 0.429. The Morgan fingerprint density at radius 2 is 2.09 bits per heavy atom. The SMILES string of the molecule is COC(=O)[C@H](C)OC(=O)c1ccc(NC2CC2)c([N+](=O)[O-])c1. The molecule has 0 aliphatic heterocycles. The number of carbonyl (C=O) groups is 2. The van der Waals surface area contributed by atoms with Gasteiger partial charge in [0.15, 0.2) is 6.10 Å². The lowest BCUT2D eigenvalue weighted by molar-refractivity contribution is -0.384. The number of carbonyl (C=O) groups excluding carboxylic acids is 2. The Balaban J connectivity index is 2.16. The van der Waals surface area contributed by atoms with Gasteiger partial charge in [-0.1, -0.05) is 0 Å². The lowest BCUT2D eigenvalue weighted by atomic mass is 10.1. The van der Waals surface area contributed by atoms with Crippen molar-refractivity contribution in [3.8, 4) is 0 Å². The minimum atomic E-state index is -1.08. The number of hydrogen-bond donors (Lipinski definition) is 1. The fourth-order valence-electron chi connectivity index (χ4n) is 1.82. The van der Waals surface area contributed by atoms with Gasteiger partial charge in [-0.05, 0) is 31.9 Å². The van der Waals surface area contributed by atoms with Crippen LogP contribution in [-0.2, 0) is 14.3 Å². The van der Waals surface area contributed by atoms with Gasteiger partial charge in [0.2, 0.25) is 0 Å². The third-order valence-corrected chi connectivity index (χ3v) is 3.18. The van der Waals surface area contributed by atoms with E-state index in [1.807, 2.05) is 0 Å². The first-order chi connectivity index (χ1) is 10.4. The van der Waals surface area contributed by atoms with Crippen molar-refractivity contribution in [3.05, 3.63) is 33.9 Å².